The Kier molecular flexibility index (Phi) is 9.18. The summed E-state index contributed by atoms with van der Waals surface area (Å²) >= 11 is 0. The molecule has 0 amide bonds. The van der Waals surface area contributed by atoms with Crippen LogP contribution in [0.3, 0.4) is 0 Å². The van der Waals surface area contributed by atoms with Gasteiger partial charge in [0.2, 0.25) is 0 Å². The van der Waals surface area contributed by atoms with Gasteiger partial charge in [0.1, 0.15) is 0 Å². The molecule has 0 unspecified atom stereocenters. The van der Waals surface area contributed by atoms with Crippen molar-refractivity contribution in [2.24, 2.45) is 11.8 Å². The lowest BCUT2D eigenvalue weighted by molar-refractivity contribution is 0.782. The highest BCUT2D eigenvalue weighted by Gasteiger charge is 1.99. The molecule has 0 saturated carbocycles. The molecule has 0 saturated heterocycles. The molecule has 0 aromatic heterocycles. The monoisotopic (exact) mass is 245 g/mol. The van der Waals surface area contributed by atoms with E-state index in [9.17, 15) is 0 Å². The SMILES string of the molecule is CC(/C=C/C(C)C)=C\C=C\C/C(C)=C/[CH+]C(C)C. The van der Waals surface area contributed by atoms with Gasteiger partial charge in [-0.15, -0.1) is 0 Å². The Morgan fingerprint density at radius 1 is 1.11 bits per heavy atom. The van der Waals surface area contributed by atoms with E-state index >= 15 is 0 Å². The summed E-state index contributed by atoms with van der Waals surface area (Å²) in [5, 5.41) is 0. The summed E-state index contributed by atoms with van der Waals surface area (Å²) in [5.41, 5.74) is 2.71. The fourth-order valence-corrected chi connectivity index (χ4v) is 1.30. The fourth-order valence-electron chi connectivity index (χ4n) is 1.30. The zero-order valence-electron chi connectivity index (χ0n) is 12.9. The molecule has 0 aliphatic carbocycles. The highest BCUT2D eigenvalue weighted by atomic mass is 14.0. The van der Waals surface area contributed by atoms with Crippen molar-refractivity contribution in [2.45, 2.75) is 48.0 Å². The normalized spacial score (nSPS) is 14.4. The third-order valence-corrected chi connectivity index (χ3v) is 2.44. The first kappa shape index (κ1) is 16.8. The summed E-state index contributed by atoms with van der Waals surface area (Å²) in [6, 6.07) is 0. The Morgan fingerprint density at radius 3 is 2.33 bits per heavy atom. The molecule has 0 rings (SSSR count). The predicted molar refractivity (Wildman–Crippen MR) is 84.4 cm³/mol. The Bertz CT molecular complexity index is 322. The van der Waals surface area contributed by atoms with Crippen LogP contribution in [0.5, 0.6) is 0 Å². The van der Waals surface area contributed by atoms with E-state index in [-0.39, 0.29) is 0 Å². The van der Waals surface area contributed by atoms with Crippen LogP contribution >= 0.6 is 0 Å². The van der Waals surface area contributed by atoms with Crippen LogP contribution in [0.1, 0.15) is 48.0 Å². The predicted octanol–water partition coefficient (Wildman–Crippen LogP) is 5.90. The molecule has 0 N–H and O–H groups in total. The van der Waals surface area contributed by atoms with Gasteiger partial charge in [0.15, 0.2) is 0 Å². The number of allylic oxidation sites excluding steroid dienone is 8. The van der Waals surface area contributed by atoms with Crippen molar-refractivity contribution >= 4 is 0 Å². The molecule has 0 spiro atoms. The molecule has 0 radical (unpaired) electrons. The van der Waals surface area contributed by atoms with Crippen LogP contribution in [0, 0.1) is 18.3 Å². The maximum Gasteiger partial charge on any atom is 0.0924 e. The Hall–Kier alpha value is -1.17. The van der Waals surface area contributed by atoms with E-state index in [1.54, 1.807) is 0 Å². The average Bonchev–Trinajstić information content (AvgIpc) is 2.29. The van der Waals surface area contributed by atoms with Gasteiger partial charge >= 0.3 is 0 Å². The molecule has 0 aromatic rings. The molecule has 0 atom stereocenters. The van der Waals surface area contributed by atoms with Crippen LogP contribution < -0.4 is 0 Å². The van der Waals surface area contributed by atoms with Crippen LogP contribution in [0.2, 0.25) is 0 Å². The topological polar surface area (TPSA) is 0 Å². The van der Waals surface area contributed by atoms with Gasteiger partial charge in [0, 0.05) is 19.3 Å². The number of rotatable bonds is 7. The maximum atomic E-state index is 2.25. The zero-order chi connectivity index (χ0) is 14.0. The molecule has 0 fully saturated rings. The van der Waals surface area contributed by atoms with Crippen LogP contribution in [-0.4, -0.2) is 0 Å². The van der Waals surface area contributed by atoms with E-state index in [4.69, 9.17) is 0 Å². The van der Waals surface area contributed by atoms with Crippen molar-refractivity contribution in [3.05, 3.63) is 54.0 Å². The van der Waals surface area contributed by atoms with Crippen molar-refractivity contribution in [2.75, 3.05) is 0 Å². The first-order valence-electron chi connectivity index (χ1n) is 6.94. The zero-order valence-corrected chi connectivity index (χ0v) is 12.9. The van der Waals surface area contributed by atoms with E-state index in [0.717, 1.165) is 6.42 Å². The van der Waals surface area contributed by atoms with Gasteiger partial charge in [-0.05, 0) is 26.7 Å². The molecule has 0 aliphatic rings. The Balaban J connectivity index is 4.10. The lowest BCUT2D eigenvalue weighted by Crippen LogP contribution is -1.85. The summed E-state index contributed by atoms with van der Waals surface area (Å²) in [6.07, 6.45) is 16.4. The molecule has 0 aliphatic heterocycles. The van der Waals surface area contributed by atoms with Crippen molar-refractivity contribution in [3.8, 4) is 0 Å². The quantitative estimate of drug-likeness (QED) is 0.387. The summed E-state index contributed by atoms with van der Waals surface area (Å²) in [6.45, 7) is 13.1. The third-order valence-electron chi connectivity index (χ3n) is 2.44. The number of hydrogen-bond donors (Lipinski definition) is 0. The molecular formula is C18H29+. The van der Waals surface area contributed by atoms with Gasteiger partial charge < -0.3 is 0 Å². The highest BCUT2D eigenvalue weighted by Crippen LogP contribution is 2.07. The molecular weight excluding hydrogens is 216 g/mol. The molecule has 0 heteroatoms. The van der Waals surface area contributed by atoms with Crippen molar-refractivity contribution in [1.82, 2.24) is 0 Å². The molecule has 18 heavy (non-hydrogen) atoms. The average molecular weight is 245 g/mol. The van der Waals surface area contributed by atoms with Crippen LogP contribution in [0.4, 0.5) is 0 Å². The summed E-state index contributed by atoms with van der Waals surface area (Å²) in [4.78, 5) is 0. The van der Waals surface area contributed by atoms with E-state index in [1.165, 1.54) is 11.1 Å². The molecule has 0 nitrogen and oxygen atoms in total. The Morgan fingerprint density at radius 2 is 1.78 bits per heavy atom. The van der Waals surface area contributed by atoms with Crippen molar-refractivity contribution < 1.29 is 0 Å². The first-order chi connectivity index (χ1) is 8.41. The maximum absolute atomic E-state index is 2.25. The second-order valence-corrected chi connectivity index (χ2v) is 5.60. The fraction of sp³-hybridized carbons (Fsp3) is 0.500. The van der Waals surface area contributed by atoms with E-state index < -0.39 is 0 Å². The largest absolute Gasteiger partial charge is 0.0924 e. The van der Waals surface area contributed by atoms with Crippen LogP contribution in [0.25, 0.3) is 0 Å². The standard InChI is InChI=1S/C18H29/c1-15(2)11-13-17(5)9-7-8-10-18(6)14-12-16(3)4/h7-9,11-16H,10H2,1-6H3/q+1/b8-7+,13-11+,17-9+,18-14+. The third kappa shape index (κ3) is 11.3. The van der Waals surface area contributed by atoms with Crippen molar-refractivity contribution in [1.29, 1.82) is 0 Å². The second-order valence-electron chi connectivity index (χ2n) is 5.60. The molecule has 0 bridgehead atoms. The highest BCUT2D eigenvalue weighted by molar-refractivity contribution is 5.22. The molecule has 0 heterocycles. The first-order valence-corrected chi connectivity index (χ1v) is 6.94. The summed E-state index contributed by atoms with van der Waals surface area (Å²) in [7, 11) is 0. The van der Waals surface area contributed by atoms with E-state index in [2.05, 4.69) is 84.4 Å². The van der Waals surface area contributed by atoms with Gasteiger partial charge in [0.05, 0.1) is 18.1 Å². The second kappa shape index (κ2) is 9.82. The van der Waals surface area contributed by atoms with Crippen LogP contribution in [-0.2, 0) is 0 Å². The van der Waals surface area contributed by atoms with Gasteiger partial charge in [-0.3, -0.25) is 0 Å². The van der Waals surface area contributed by atoms with E-state index in [0.29, 0.717) is 11.8 Å². The molecule has 0 aromatic carbocycles. The van der Waals surface area contributed by atoms with Gasteiger partial charge in [-0.25, -0.2) is 0 Å². The van der Waals surface area contributed by atoms with Gasteiger partial charge in [-0.1, -0.05) is 49.8 Å². The van der Waals surface area contributed by atoms with Crippen molar-refractivity contribution in [3.63, 3.8) is 0 Å². The smallest absolute Gasteiger partial charge is 0.0817 e. The minimum Gasteiger partial charge on any atom is -0.0817 e. The van der Waals surface area contributed by atoms with E-state index in [1.807, 2.05) is 0 Å². The molecule has 100 valence electrons. The van der Waals surface area contributed by atoms with Crippen LogP contribution in [0.15, 0.2) is 47.6 Å². The minimum atomic E-state index is 0.620. The lowest BCUT2D eigenvalue weighted by Gasteiger charge is -1.94. The van der Waals surface area contributed by atoms with Gasteiger partial charge in [0.25, 0.3) is 0 Å². The lowest BCUT2D eigenvalue weighted by atomic mass is 10.1. The number of hydrogen-bond acceptors (Lipinski definition) is 0. The van der Waals surface area contributed by atoms with Gasteiger partial charge in [-0.2, -0.15) is 0 Å². The Labute approximate surface area is 114 Å². The summed E-state index contributed by atoms with van der Waals surface area (Å²) < 4.78 is 0. The summed E-state index contributed by atoms with van der Waals surface area (Å²) in [5.74, 6) is 1.25. The minimum absolute atomic E-state index is 0.620.